The summed E-state index contributed by atoms with van der Waals surface area (Å²) in [7, 11) is 0. The fraction of sp³-hybridized carbons (Fsp3) is 1.00. The maximum atomic E-state index is 12.0. The van der Waals surface area contributed by atoms with Gasteiger partial charge in [-0.1, -0.05) is 0 Å². The van der Waals surface area contributed by atoms with Crippen molar-refractivity contribution < 1.29 is 9.13 Å². The van der Waals surface area contributed by atoms with Crippen LogP contribution >= 0.6 is 0 Å². The van der Waals surface area contributed by atoms with Gasteiger partial charge in [-0.05, 0) is 13.8 Å². The van der Waals surface area contributed by atoms with Crippen LogP contribution in [0.1, 0.15) is 13.8 Å². The van der Waals surface area contributed by atoms with E-state index < -0.39 is 0 Å². The number of nitrogens with zero attached hydrogens (tertiary/aromatic N) is 1. The first-order valence-corrected chi connectivity index (χ1v) is 4.62. The second kappa shape index (κ2) is 4.77. The number of hydrogen-bond donors (Lipinski definition) is 0. The SMILES string of the molecule is CC(C)OCCN1CC(CF)C1. The summed E-state index contributed by atoms with van der Waals surface area (Å²) in [5, 5.41) is 0. The lowest BCUT2D eigenvalue weighted by Gasteiger charge is -2.37. The zero-order valence-electron chi connectivity index (χ0n) is 7.92. The summed E-state index contributed by atoms with van der Waals surface area (Å²) in [4.78, 5) is 2.23. The Kier molecular flexibility index (Phi) is 3.95. The highest BCUT2D eigenvalue weighted by molar-refractivity contribution is 4.78. The van der Waals surface area contributed by atoms with E-state index in [4.69, 9.17) is 4.74 Å². The molecule has 12 heavy (non-hydrogen) atoms. The Morgan fingerprint density at radius 2 is 2.17 bits per heavy atom. The molecule has 1 rings (SSSR count). The minimum absolute atomic E-state index is 0.165. The van der Waals surface area contributed by atoms with Gasteiger partial charge in [0.05, 0.1) is 19.4 Å². The highest BCUT2D eigenvalue weighted by Gasteiger charge is 2.25. The van der Waals surface area contributed by atoms with Crippen LogP contribution in [0.3, 0.4) is 0 Å². The van der Waals surface area contributed by atoms with E-state index >= 15 is 0 Å². The fourth-order valence-electron chi connectivity index (χ4n) is 1.37. The lowest BCUT2D eigenvalue weighted by molar-refractivity contribution is 0.0189. The number of hydrogen-bond acceptors (Lipinski definition) is 2. The van der Waals surface area contributed by atoms with Crippen molar-refractivity contribution in [2.45, 2.75) is 20.0 Å². The molecule has 0 aliphatic carbocycles. The Morgan fingerprint density at radius 1 is 1.50 bits per heavy atom. The van der Waals surface area contributed by atoms with E-state index in [1.807, 2.05) is 13.8 Å². The molecule has 0 radical (unpaired) electrons. The van der Waals surface area contributed by atoms with Gasteiger partial charge in [0.25, 0.3) is 0 Å². The van der Waals surface area contributed by atoms with E-state index in [-0.39, 0.29) is 6.67 Å². The molecule has 0 aromatic heterocycles. The van der Waals surface area contributed by atoms with Gasteiger partial charge >= 0.3 is 0 Å². The molecule has 0 aromatic carbocycles. The molecule has 0 bridgehead atoms. The van der Waals surface area contributed by atoms with Crippen LogP contribution in [0.4, 0.5) is 4.39 Å². The summed E-state index contributed by atoms with van der Waals surface area (Å²) in [5.74, 6) is 0.295. The van der Waals surface area contributed by atoms with Gasteiger partial charge in [-0.25, -0.2) is 0 Å². The molecule has 0 N–H and O–H groups in total. The lowest BCUT2D eigenvalue weighted by Crippen LogP contribution is -2.48. The van der Waals surface area contributed by atoms with Crippen LogP contribution in [0, 0.1) is 5.92 Å². The zero-order chi connectivity index (χ0) is 8.97. The number of alkyl halides is 1. The fourth-order valence-corrected chi connectivity index (χ4v) is 1.37. The van der Waals surface area contributed by atoms with Gasteiger partial charge in [0.2, 0.25) is 0 Å². The molecule has 0 amide bonds. The molecule has 1 saturated heterocycles. The smallest absolute Gasteiger partial charge is 0.0947 e. The van der Waals surface area contributed by atoms with E-state index in [9.17, 15) is 4.39 Å². The van der Waals surface area contributed by atoms with E-state index in [1.165, 1.54) is 0 Å². The van der Waals surface area contributed by atoms with Crippen LogP contribution in [0.25, 0.3) is 0 Å². The molecular weight excluding hydrogens is 157 g/mol. The Morgan fingerprint density at radius 3 is 2.67 bits per heavy atom. The van der Waals surface area contributed by atoms with Crippen LogP contribution in [0.2, 0.25) is 0 Å². The molecule has 0 aromatic rings. The largest absolute Gasteiger partial charge is 0.377 e. The highest BCUT2D eigenvalue weighted by atomic mass is 19.1. The number of rotatable bonds is 5. The van der Waals surface area contributed by atoms with Crippen molar-refractivity contribution in [3.63, 3.8) is 0 Å². The Labute approximate surface area is 73.7 Å². The normalized spacial score (nSPS) is 20.0. The standard InChI is InChI=1S/C9H18FNO/c1-8(2)12-4-3-11-6-9(5-10)7-11/h8-9H,3-7H2,1-2H3. The van der Waals surface area contributed by atoms with Gasteiger partial charge in [0, 0.05) is 25.6 Å². The number of ether oxygens (including phenoxy) is 1. The average molecular weight is 175 g/mol. The predicted molar refractivity (Wildman–Crippen MR) is 47.0 cm³/mol. The Hall–Kier alpha value is -0.150. The average Bonchev–Trinajstić information content (AvgIpc) is 1.93. The third kappa shape index (κ3) is 3.07. The molecule has 0 atom stereocenters. The van der Waals surface area contributed by atoms with E-state index in [0.717, 1.165) is 26.2 Å². The summed E-state index contributed by atoms with van der Waals surface area (Å²) in [6, 6.07) is 0. The Balaban J connectivity index is 1.90. The van der Waals surface area contributed by atoms with Gasteiger partial charge in [0.15, 0.2) is 0 Å². The van der Waals surface area contributed by atoms with Crippen molar-refractivity contribution in [3.8, 4) is 0 Å². The van der Waals surface area contributed by atoms with Crippen molar-refractivity contribution in [2.24, 2.45) is 5.92 Å². The van der Waals surface area contributed by atoms with E-state index in [1.54, 1.807) is 0 Å². The summed E-state index contributed by atoms with van der Waals surface area (Å²) in [5.41, 5.74) is 0. The molecule has 1 aliphatic rings. The van der Waals surface area contributed by atoms with Crippen LogP contribution in [0.5, 0.6) is 0 Å². The molecule has 0 saturated carbocycles. The van der Waals surface area contributed by atoms with Crippen molar-refractivity contribution >= 4 is 0 Å². The first-order valence-electron chi connectivity index (χ1n) is 4.62. The summed E-state index contributed by atoms with van der Waals surface area (Å²) < 4.78 is 17.4. The van der Waals surface area contributed by atoms with Crippen molar-refractivity contribution in [3.05, 3.63) is 0 Å². The highest BCUT2D eigenvalue weighted by Crippen LogP contribution is 2.14. The van der Waals surface area contributed by atoms with Crippen LogP contribution in [-0.4, -0.2) is 43.9 Å². The van der Waals surface area contributed by atoms with Crippen LogP contribution in [-0.2, 0) is 4.74 Å². The molecular formula is C9H18FNO. The summed E-state index contributed by atoms with van der Waals surface area (Å²) in [6.07, 6.45) is 0.309. The van der Waals surface area contributed by atoms with Gasteiger partial charge in [0.1, 0.15) is 0 Å². The van der Waals surface area contributed by atoms with Gasteiger partial charge in [-0.3, -0.25) is 4.39 Å². The molecule has 72 valence electrons. The molecule has 3 heteroatoms. The first kappa shape index (κ1) is 9.93. The van der Waals surface area contributed by atoms with Gasteiger partial charge in [-0.2, -0.15) is 0 Å². The second-order valence-corrected chi connectivity index (χ2v) is 3.70. The minimum Gasteiger partial charge on any atom is -0.377 e. The molecule has 1 fully saturated rings. The number of halogens is 1. The summed E-state index contributed by atoms with van der Waals surface area (Å²) >= 11 is 0. The first-order chi connectivity index (χ1) is 5.72. The zero-order valence-corrected chi connectivity index (χ0v) is 7.92. The molecule has 1 aliphatic heterocycles. The summed E-state index contributed by atoms with van der Waals surface area (Å²) in [6.45, 7) is 7.45. The lowest BCUT2D eigenvalue weighted by atomic mass is 10.0. The van der Waals surface area contributed by atoms with E-state index in [2.05, 4.69) is 4.90 Å². The van der Waals surface area contributed by atoms with E-state index in [0.29, 0.717) is 12.0 Å². The van der Waals surface area contributed by atoms with Crippen molar-refractivity contribution in [2.75, 3.05) is 32.9 Å². The third-order valence-corrected chi connectivity index (χ3v) is 2.11. The van der Waals surface area contributed by atoms with Gasteiger partial charge < -0.3 is 9.64 Å². The maximum Gasteiger partial charge on any atom is 0.0947 e. The van der Waals surface area contributed by atoms with Crippen molar-refractivity contribution in [1.29, 1.82) is 0 Å². The molecule has 0 unspecified atom stereocenters. The molecule has 1 heterocycles. The minimum atomic E-state index is -0.165. The third-order valence-electron chi connectivity index (χ3n) is 2.11. The van der Waals surface area contributed by atoms with Crippen LogP contribution in [0.15, 0.2) is 0 Å². The molecule has 0 spiro atoms. The maximum absolute atomic E-state index is 12.0. The predicted octanol–water partition coefficient (Wildman–Crippen LogP) is 1.31. The number of likely N-dealkylation sites (tertiary alicyclic amines) is 1. The van der Waals surface area contributed by atoms with Crippen molar-refractivity contribution in [1.82, 2.24) is 4.90 Å². The quantitative estimate of drug-likeness (QED) is 0.624. The monoisotopic (exact) mass is 175 g/mol. The van der Waals surface area contributed by atoms with Gasteiger partial charge in [-0.15, -0.1) is 0 Å². The topological polar surface area (TPSA) is 12.5 Å². The molecule has 2 nitrogen and oxygen atoms in total. The van der Waals surface area contributed by atoms with Crippen LogP contribution < -0.4 is 0 Å². The second-order valence-electron chi connectivity index (χ2n) is 3.70. The Bertz CT molecular complexity index is 124.